The van der Waals surface area contributed by atoms with Gasteiger partial charge in [0.15, 0.2) is 0 Å². The molecule has 16 rings (SSSR count). The van der Waals surface area contributed by atoms with E-state index in [1.807, 2.05) is 84.9 Å². The molecule has 2 aliphatic heterocycles. The average Bonchev–Trinajstić information content (AvgIpc) is 1.07. The van der Waals surface area contributed by atoms with Gasteiger partial charge in [0.25, 0.3) is 6.71 Å². The van der Waals surface area contributed by atoms with Crippen molar-refractivity contribution in [1.82, 2.24) is 9.13 Å². The third-order valence-electron chi connectivity index (χ3n) is 18.5. The quantitative estimate of drug-likeness (QED) is 0.149. The Labute approximate surface area is 552 Å². The molecule has 12 aromatic carbocycles. The van der Waals surface area contributed by atoms with Crippen LogP contribution in [0.5, 0.6) is 0 Å². The zero-order valence-corrected chi connectivity index (χ0v) is 52.1. The third-order valence-corrected chi connectivity index (χ3v) is 18.5. The molecule has 0 radical (unpaired) electrons. The largest absolute Gasteiger partial charge is 0.311 e. The summed E-state index contributed by atoms with van der Waals surface area (Å²) in [6.07, 6.45) is 0. The molecule has 2 aromatic heterocycles. The Morgan fingerprint density at radius 1 is 0.341 bits per heavy atom. The molecule has 0 fully saturated rings. The predicted octanol–water partition coefficient (Wildman–Crippen LogP) is 20.7. The fourth-order valence-electron chi connectivity index (χ4n) is 13.8. The van der Waals surface area contributed by atoms with Crippen molar-refractivity contribution in [1.29, 1.82) is 5.26 Å². The van der Waals surface area contributed by atoms with E-state index in [-0.39, 0.29) is 50.3 Å². The summed E-state index contributed by atoms with van der Waals surface area (Å²) in [6.45, 7) is 19.0. The maximum absolute atomic E-state index is 11.9. The van der Waals surface area contributed by atoms with E-state index in [2.05, 4.69) is 180 Å². The normalized spacial score (nSPS) is 15.0. The van der Waals surface area contributed by atoms with Crippen LogP contribution in [0.4, 0.5) is 34.1 Å². The first kappa shape index (κ1) is 43.1. The van der Waals surface area contributed by atoms with Crippen LogP contribution in [0.1, 0.15) is 102 Å². The minimum absolute atomic E-state index is 0.0233. The van der Waals surface area contributed by atoms with Crippen molar-refractivity contribution < 1.29 is 17.8 Å². The van der Waals surface area contributed by atoms with Crippen molar-refractivity contribution in [3.63, 3.8) is 0 Å². The molecule has 438 valence electrons. The number of fused-ring (bicyclic) bond motifs is 10. The fraction of sp³-hybridized carbons (Fsp3) is 0.141. The van der Waals surface area contributed by atoms with Crippen LogP contribution < -0.4 is 26.2 Å². The lowest BCUT2D eigenvalue weighted by Gasteiger charge is -2.45. The molecule has 2 aliphatic rings. The average molecular weight is 1190 g/mol. The first-order chi connectivity index (χ1) is 49.4. The van der Waals surface area contributed by atoms with Crippen molar-refractivity contribution in [2.45, 2.75) is 78.6 Å². The molecule has 4 heterocycles. The number of anilines is 6. The van der Waals surface area contributed by atoms with Crippen molar-refractivity contribution in [3.05, 3.63) is 283 Å². The van der Waals surface area contributed by atoms with Crippen LogP contribution in [0.3, 0.4) is 0 Å². The highest BCUT2D eigenvalue weighted by atomic mass is 15.2. The summed E-state index contributed by atoms with van der Waals surface area (Å²) in [6, 6.07) is 58.1. The summed E-state index contributed by atoms with van der Waals surface area (Å²) >= 11 is 0. The number of rotatable bonds is 7. The van der Waals surface area contributed by atoms with Gasteiger partial charge in [-0.1, -0.05) is 220 Å². The number of benzene rings is 12. The Hall–Kier alpha value is -10.6. The Morgan fingerprint density at radius 3 is 1.37 bits per heavy atom. The predicted molar refractivity (Wildman–Crippen MR) is 386 cm³/mol. The van der Waals surface area contributed by atoms with Crippen LogP contribution in [0, 0.1) is 11.3 Å². The topological polar surface area (TPSA) is 40.1 Å². The lowest BCUT2D eigenvalue weighted by Crippen LogP contribution is -2.61. The lowest BCUT2D eigenvalue weighted by atomic mass is 9.33. The van der Waals surface area contributed by atoms with Gasteiger partial charge in [-0.15, -0.1) is 0 Å². The smallest absolute Gasteiger partial charge is 0.252 e. The highest BCUT2D eigenvalue weighted by Gasteiger charge is 2.45. The van der Waals surface area contributed by atoms with Gasteiger partial charge in [0.2, 0.25) is 0 Å². The second-order valence-corrected chi connectivity index (χ2v) is 27.2. The van der Waals surface area contributed by atoms with E-state index in [1.54, 1.807) is 0 Å². The fourth-order valence-corrected chi connectivity index (χ4v) is 13.8. The Kier molecular flexibility index (Phi) is 9.83. The number of hydrogen-bond acceptors (Lipinski definition) is 3. The van der Waals surface area contributed by atoms with E-state index < -0.39 is 78.6 Å². The second-order valence-electron chi connectivity index (χ2n) is 27.2. The summed E-state index contributed by atoms with van der Waals surface area (Å²) < 4.78 is 123. The standard InChI is InChI=1S/C85H70BN5/c1-83(2,3)61-35-41-75-69(47-61)70-48-62(84(4,5)6)36-42-76(70)89(75)64-37-33-58(53-87)77(51-64)91-79-52-65(88-73-31-21-19-29-67(73)68-30-20-22-32-74(68)88)38-40-72(79)86-71-39-34-57(54-23-13-10-14-24-54)46-78(71)90(80-49-63(85(7,8)9)50-81(91)82(80)86)66-44-59(55-25-15-11-16-26-55)43-60(45-66)56-27-17-12-18-28-56/h10-52H,1-9H3/i10D,13D,14D,19D,20D,21D,22D,23D,24D,29D,30D,31D,32D. The molecular weight excluding hydrogens is 1100 g/mol. The zero-order valence-electron chi connectivity index (χ0n) is 65.1. The molecule has 5 nitrogen and oxygen atoms in total. The van der Waals surface area contributed by atoms with E-state index in [0.29, 0.717) is 45.0 Å². The molecule has 0 spiro atoms. The summed E-state index contributed by atoms with van der Waals surface area (Å²) in [5, 5.41) is 13.9. The van der Waals surface area contributed by atoms with Crippen LogP contribution in [0.15, 0.2) is 261 Å². The van der Waals surface area contributed by atoms with Gasteiger partial charge in [-0.3, -0.25) is 0 Å². The van der Waals surface area contributed by atoms with Crippen LogP contribution in [-0.2, 0) is 16.2 Å². The maximum Gasteiger partial charge on any atom is 0.252 e. The number of nitriles is 1. The van der Waals surface area contributed by atoms with E-state index in [9.17, 15) is 13.5 Å². The minimum atomic E-state index is -0.687. The van der Waals surface area contributed by atoms with Crippen LogP contribution in [-0.4, -0.2) is 15.8 Å². The summed E-state index contributed by atoms with van der Waals surface area (Å²) in [5.41, 5.74) is 15.7. The van der Waals surface area contributed by atoms with Crippen LogP contribution >= 0.6 is 0 Å². The maximum atomic E-state index is 11.9. The van der Waals surface area contributed by atoms with E-state index in [1.165, 1.54) is 15.7 Å². The highest BCUT2D eigenvalue weighted by molar-refractivity contribution is 7.00. The highest BCUT2D eigenvalue weighted by Crippen LogP contribution is 2.50. The number of para-hydroxylation sites is 2. The molecule has 0 atom stereocenters. The van der Waals surface area contributed by atoms with Gasteiger partial charge in [0.05, 0.1) is 51.1 Å². The first-order valence-corrected chi connectivity index (χ1v) is 30.9. The van der Waals surface area contributed by atoms with Crippen LogP contribution in [0.25, 0.3) is 88.4 Å². The van der Waals surface area contributed by atoms with Gasteiger partial charge in [0, 0.05) is 61.4 Å². The van der Waals surface area contributed by atoms with Gasteiger partial charge in [-0.05, 0) is 186 Å². The molecule has 14 aromatic rings. The summed E-state index contributed by atoms with van der Waals surface area (Å²) in [4.78, 5) is 4.35. The van der Waals surface area contributed by atoms with E-state index in [4.69, 9.17) is 9.60 Å². The SMILES string of the molecule is [2H]c1c([2H])c([2H])c(-c2ccc3c(c2)N(c2cc(-c4ccccc4)cc(-c4ccccc4)c2)c2cc(C(C)(C)C)cc4c2B3c2ccc(-n3c5c([2H])c([2H])c([2H])c([2H])c5c5c([2H])c([2H])c([2H])c([2H])c53)cc2N4c2cc(-n3c4ccc(C(C)(C)C)cc4c4cc(C(C)(C)C)ccc43)ccc2C#N)c([2H])c1[2H]. The molecule has 91 heavy (non-hydrogen) atoms. The molecule has 6 heteroatoms. The molecule has 0 saturated carbocycles. The molecule has 0 unspecified atom stereocenters. The number of aromatic nitrogens is 2. The Morgan fingerprint density at radius 2 is 0.824 bits per heavy atom. The molecule has 0 saturated heterocycles. The number of hydrogen-bond donors (Lipinski definition) is 0. The first-order valence-electron chi connectivity index (χ1n) is 37.4. The van der Waals surface area contributed by atoms with Gasteiger partial charge in [-0.25, -0.2) is 0 Å². The minimum Gasteiger partial charge on any atom is -0.311 e. The lowest BCUT2D eigenvalue weighted by molar-refractivity contribution is 0.590. The Bertz CT molecular complexity index is 5900. The van der Waals surface area contributed by atoms with Crippen molar-refractivity contribution in [2.75, 3.05) is 9.80 Å². The van der Waals surface area contributed by atoms with Gasteiger partial charge in [0.1, 0.15) is 6.07 Å². The summed E-state index contributed by atoms with van der Waals surface area (Å²) in [7, 11) is 0. The monoisotopic (exact) mass is 1180 g/mol. The summed E-state index contributed by atoms with van der Waals surface area (Å²) in [5.74, 6) is 0. The van der Waals surface area contributed by atoms with Crippen molar-refractivity contribution in [3.8, 4) is 50.8 Å². The molecular formula is C85H70BN5. The zero-order chi connectivity index (χ0) is 73.6. The van der Waals surface area contributed by atoms with E-state index in [0.717, 1.165) is 77.6 Å². The Balaban J connectivity index is 1.07. The van der Waals surface area contributed by atoms with Gasteiger partial charge >= 0.3 is 0 Å². The van der Waals surface area contributed by atoms with Crippen LogP contribution in [0.2, 0.25) is 0 Å². The number of nitrogens with zero attached hydrogens (tertiary/aromatic N) is 5. The van der Waals surface area contributed by atoms with Gasteiger partial charge < -0.3 is 18.9 Å². The molecule has 0 amide bonds. The third kappa shape index (κ3) is 9.12. The molecule has 0 N–H and O–H groups in total. The van der Waals surface area contributed by atoms with Gasteiger partial charge in [-0.2, -0.15) is 5.26 Å². The van der Waals surface area contributed by atoms with E-state index >= 15 is 0 Å². The molecule has 0 aliphatic carbocycles. The van der Waals surface area contributed by atoms with Crippen molar-refractivity contribution in [2.24, 2.45) is 0 Å². The molecule has 0 bridgehead atoms. The second kappa shape index (κ2) is 20.7. The van der Waals surface area contributed by atoms with Crippen molar-refractivity contribution >= 4 is 101 Å².